The van der Waals surface area contributed by atoms with Crippen LogP contribution >= 0.6 is 11.3 Å². The number of benzene rings is 2. The van der Waals surface area contributed by atoms with Gasteiger partial charge in [0, 0.05) is 23.5 Å². The van der Waals surface area contributed by atoms with Gasteiger partial charge in [-0.25, -0.2) is 9.18 Å². The number of halogens is 1. The second-order valence-corrected chi connectivity index (χ2v) is 9.37. The van der Waals surface area contributed by atoms with Crippen LogP contribution in [0.2, 0.25) is 0 Å². The molecule has 3 amide bonds. The number of methoxy groups -OCH3 is 2. The average molecular weight is 514 g/mol. The zero-order valence-corrected chi connectivity index (χ0v) is 21.8. The van der Waals surface area contributed by atoms with Crippen molar-refractivity contribution in [3.05, 3.63) is 76.2 Å². The maximum Gasteiger partial charge on any atom is 0.322 e. The Morgan fingerprint density at radius 2 is 1.81 bits per heavy atom. The number of carbonyl (C=O) groups is 2. The molecule has 192 valence electrons. The van der Waals surface area contributed by atoms with Crippen LogP contribution in [0.1, 0.15) is 30.7 Å². The third-order valence-electron chi connectivity index (χ3n) is 5.91. The van der Waals surface area contributed by atoms with Gasteiger partial charge in [-0.2, -0.15) is 0 Å². The molecule has 0 saturated heterocycles. The van der Waals surface area contributed by atoms with E-state index >= 15 is 0 Å². The fourth-order valence-electron chi connectivity index (χ4n) is 3.62. The summed E-state index contributed by atoms with van der Waals surface area (Å²) in [5.74, 6) is 0.519. The van der Waals surface area contributed by atoms with Gasteiger partial charge in [-0.1, -0.05) is 25.1 Å². The summed E-state index contributed by atoms with van der Waals surface area (Å²) in [6.07, 6.45) is 0.670. The molecule has 0 aliphatic carbocycles. The number of rotatable bonds is 11. The molecule has 1 N–H and O–H groups in total. The van der Waals surface area contributed by atoms with Crippen molar-refractivity contribution in [2.45, 2.75) is 39.4 Å². The topological polar surface area (TPSA) is 71.1 Å². The van der Waals surface area contributed by atoms with Crippen LogP contribution in [0.4, 0.5) is 14.9 Å². The first-order valence-electron chi connectivity index (χ1n) is 11.7. The van der Waals surface area contributed by atoms with Crippen molar-refractivity contribution in [2.75, 3.05) is 26.1 Å². The molecule has 0 saturated carbocycles. The highest BCUT2D eigenvalue weighted by atomic mass is 32.1. The lowest BCUT2D eigenvalue weighted by molar-refractivity contribution is -0.133. The maximum atomic E-state index is 13.5. The van der Waals surface area contributed by atoms with Gasteiger partial charge in [-0.05, 0) is 54.6 Å². The molecule has 0 radical (unpaired) electrons. The van der Waals surface area contributed by atoms with Crippen molar-refractivity contribution in [2.24, 2.45) is 0 Å². The summed E-state index contributed by atoms with van der Waals surface area (Å²) >= 11 is 1.56. The molecule has 0 fully saturated rings. The van der Waals surface area contributed by atoms with Crippen LogP contribution in [0.25, 0.3) is 0 Å². The second-order valence-electron chi connectivity index (χ2n) is 8.34. The van der Waals surface area contributed by atoms with Gasteiger partial charge >= 0.3 is 6.03 Å². The van der Waals surface area contributed by atoms with Crippen molar-refractivity contribution < 1.29 is 23.5 Å². The number of anilines is 1. The number of nitrogens with one attached hydrogen (secondary N) is 1. The lowest BCUT2D eigenvalue weighted by atomic mass is 10.2. The van der Waals surface area contributed by atoms with Crippen LogP contribution in [0, 0.1) is 5.82 Å². The molecule has 36 heavy (non-hydrogen) atoms. The van der Waals surface area contributed by atoms with E-state index in [2.05, 4.69) is 5.32 Å². The van der Waals surface area contributed by atoms with Crippen molar-refractivity contribution in [1.29, 1.82) is 0 Å². The molecule has 2 aromatic carbocycles. The van der Waals surface area contributed by atoms with E-state index in [1.807, 2.05) is 31.4 Å². The fraction of sp³-hybridized carbons (Fsp3) is 0.333. The quantitative estimate of drug-likeness (QED) is 0.354. The normalized spacial score (nSPS) is 11.5. The molecule has 0 aliphatic rings. The van der Waals surface area contributed by atoms with E-state index in [-0.39, 0.29) is 24.3 Å². The molecule has 3 aromatic rings. The number of ether oxygens (including phenoxy) is 2. The predicted molar refractivity (Wildman–Crippen MR) is 140 cm³/mol. The molecule has 1 heterocycles. The predicted octanol–water partition coefficient (Wildman–Crippen LogP) is 5.77. The third-order valence-corrected chi connectivity index (χ3v) is 6.77. The van der Waals surface area contributed by atoms with Gasteiger partial charge in [0.1, 0.15) is 23.9 Å². The third kappa shape index (κ3) is 7.21. The number of amides is 3. The number of nitrogens with zero attached hydrogens (tertiary/aromatic N) is 2. The van der Waals surface area contributed by atoms with Gasteiger partial charge in [0.25, 0.3) is 0 Å². The molecule has 0 aliphatic heterocycles. The van der Waals surface area contributed by atoms with Gasteiger partial charge in [0.15, 0.2) is 0 Å². The first-order chi connectivity index (χ1) is 17.3. The molecule has 0 spiro atoms. The van der Waals surface area contributed by atoms with E-state index in [0.29, 0.717) is 36.7 Å². The van der Waals surface area contributed by atoms with E-state index in [9.17, 15) is 14.0 Å². The summed E-state index contributed by atoms with van der Waals surface area (Å²) in [4.78, 5) is 31.1. The van der Waals surface area contributed by atoms with Crippen LogP contribution in [-0.2, 0) is 17.9 Å². The molecule has 1 aromatic heterocycles. The molecule has 3 rings (SSSR count). The number of carbonyl (C=O) groups excluding carboxylic acids is 2. The lowest BCUT2D eigenvalue weighted by Crippen LogP contribution is -2.47. The van der Waals surface area contributed by atoms with Crippen molar-refractivity contribution in [3.8, 4) is 11.5 Å². The Balaban J connectivity index is 1.80. The maximum absolute atomic E-state index is 13.5. The van der Waals surface area contributed by atoms with E-state index in [1.54, 1.807) is 53.7 Å². The smallest absolute Gasteiger partial charge is 0.322 e. The van der Waals surface area contributed by atoms with Gasteiger partial charge in [-0.15, -0.1) is 11.3 Å². The van der Waals surface area contributed by atoms with Crippen molar-refractivity contribution >= 4 is 29.0 Å². The average Bonchev–Trinajstić information content (AvgIpc) is 3.40. The van der Waals surface area contributed by atoms with Crippen molar-refractivity contribution in [3.63, 3.8) is 0 Å². The molecule has 0 bridgehead atoms. The summed E-state index contributed by atoms with van der Waals surface area (Å²) in [7, 11) is 3.06. The Bertz CT molecular complexity index is 1140. The fourth-order valence-corrected chi connectivity index (χ4v) is 4.34. The minimum atomic E-state index is -0.404. The van der Waals surface area contributed by atoms with E-state index in [1.165, 1.54) is 24.1 Å². The molecule has 1 atom stereocenters. The van der Waals surface area contributed by atoms with Gasteiger partial charge < -0.3 is 24.6 Å². The highest BCUT2D eigenvalue weighted by molar-refractivity contribution is 7.09. The van der Waals surface area contributed by atoms with Crippen LogP contribution in [0.5, 0.6) is 11.5 Å². The number of hydrogen-bond acceptors (Lipinski definition) is 5. The minimum Gasteiger partial charge on any atom is -0.497 e. The highest BCUT2D eigenvalue weighted by Crippen LogP contribution is 2.29. The molecular weight excluding hydrogens is 481 g/mol. The van der Waals surface area contributed by atoms with E-state index < -0.39 is 6.03 Å². The highest BCUT2D eigenvalue weighted by Gasteiger charge is 2.26. The molecular formula is C27H32FN3O4S. The van der Waals surface area contributed by atoms with Crippen molar-refractivity contribution in [1.82, 2.24) is 9.80 Å². The standard InChI is InChI=1S/C27H32FN3O4S/c1-5-19(2)31(27(33)29-24-13-12-22(34-3)15-25(24)35-4)18-26(32)30(17-23-7-6-14-36-23)16-20-8-10-21(28)11-9-20/h6-15,19H,5,16-18H2,1-4H3,(H,29,33). The van der Waals surface area contributed by atoms with E-state index in [0.717, 1.165) is 10.4 Å². The largest absolute Gasteiger partial charge is 0.497 e. The summed E-state index contributed by atoms with van der Waals surface area (Å²) in [6, 6.07) is 14.5. The lowest BCUT2D eigenvalue weighted by Gasteiger charge is -2.31. The number of hydrogen-bond donors (Lipinski definition) is 1. The Kier molecular flexibility index (Phi) is 9.69. The first-order valence-corrected chi connectivity index (χ1v) is 12.6. The summed E-state index contributed by atoms with van der Waals surface area (Å²) in [5.41, 5.74) is 1.29. The molecule has 7 nitrogen and oxygen atoms in total. The Morgan fingerprint density at radius 3 is 2.42 bits per heavy atom. The van der Waals surface area contributed by atoms with Crippen LogP contribution in [0.3, 0.4) is 0 Å². The van der Waals surface area contributed by atoms with Crippen LogP contribution in [0.15, 0.2) is 60.0 Å². The Hall–Kier alpha value is -3.59. The minimum absolute atomic E-state index is 0.105. The summed E-state index contributed by atoms with van der Waals surface area (Å²) < 4.78 is 24.0. The summed E-state index contributed by atoms with van der Waals surface area (Å²) in [6.45, 7) is 4.47. The van der Waals surface area contributed by atoms with Gasteiger partial charge in [-0.3, -0.25) is 4.79 Å². The van der Waals surface area contributed by atoms with Gasteiger partial charge in [0.05, 0.1) is 26.5 Å². The second kappa shape index (κ2) is 12.9. The molecule has 1 unspecified atom stereocenters. The van der Waals surface area contributed by atoms with E-state index in [4.69, 9.17) is 9.47 Å². The Labute approximate surface area is 215 Å². The zero-order valence-electron chi connectivity index (χ0n) is 21.0. The van der Waals surface area contributed by atoms with Crippen LogP contribution in [-0.4, -0.2) is 48.5 Å². The Morgan fingerprint density at radius 1 is 1.06 bits per heavy atom. The first kappa shape index (κ1) is 27.0. The number of thiophene rings is 1. The SMILES string of the molecule is CCC(C)N(CC(=O)N(Cc1ccc(F)cc1)Cc1cccs1)C(=O)Nc1ccc(OC)cc1OC. The summed E-state index contributed by atoms with van der Waals surface area (Å²) in [5, 5.41) is 4.83. The van der Waals surface area contributed by atoms with Gasteiger partial charge in [0.2, 0.25) is 5.91 Å². The zero-order chi connectivity index (χ0) is 26.1. The number of urea groups is 1. The van der Waals surface area contributed by atoms with Crippen LogP contribution < -0.4 is 14.8 Å². The monoisotopic (exact) mass is 513 g/mol. The molecule has 9 heteroatoms.